The molecule has 1 aliphatic rings. The average molecular weight is 1190 g/mol. The van der Waals surface area contributed by atoms with Crippen LogP contribution in [0.15, 0.2) is 122 Å². The van der Waals surface area contributed by atoms with E-state index in [-0.39, 0.29) is 12.5 Å². The Hall–Kier alpha value is -3.41. The lowest BCUT2D eigenvalue weighted by atomic mass is 9.99. The molecule has 1 saturated heterocycles. The van der Waals surface area contributed by atoms with E-state index in [1.54, 1.807) is 6.08 Å². The molecule has 0 aromatic rings. The Morgan fingerprint density at radius 1 is 0.412 bits per heavy atom. The number of hydrogen-bond acceptors (Lipinski definition) is 8. The molecule has 0 bridgehead atoms. The molecule has 0 aliphatic carbocycles. The summed E-state index contributed by atoms with van der Waals surface area (Å²) in [4.78, 5) is 13.1. The lowest BCUT2D eigenvalue weighted by Gasteiger charge is -2.40. The molecule has 1 fully saturated rings. The average Bonchev–Trinajstić information content (AvgIpc) is 3.68. The second-order valence-electron chi connectivity index (χ2n) is 23.9. The molecule has 85 heavy (non-hydrogen) atoms. The van der Waals surface area contributed by atoms with Gasteiger partial charge in [0.05, 0.1) is 25.4 Å². The first kappa shape index (κ1) is 79.6. The van der Waals surface area contributed by atoms with Gasteiger partial charge in [0.1, 0.15) is 24.4 Å². The molecular formula is C76H131NO8. The molecule has 1 rings (SSSR count). The summed E-state index contributed by atoms with van der Waals surface area (Å²) in [5.41, 5.74) is 0. The van der Waals surface area contributed by atoms with Crippen LogP contribution in [0.25, 0.3) is 0 Å². The van der Waals surface area contributed by atoms with E-state index >= 15 is 0 Å². The first-order chi connectivity index (χ1) is 41.8. The van der Waals surface area contributed by atoms with E-state index in [2.05, 4.69) is 129 Å². The van der Waals surface area contributed by atoms with Crippen LogP contribution in [0, 0.1) is 0 Å². The van der Waals surface area contributed by atoms with Gasteiger partial charge < -0.3 is 40.3 Å². The van der Waals surface area contributed by atoms with Crippen LogP contribution in [0.5, 0.6) is 0 Å². The van der Waals surface area contributed by atoms with Gasteiger partial charge in [0.2, 0.25) is 5.91 Å². The number of aliphatic hydroxyl groups is 5. The van der Waals surface area contributed by atoms with Crippen molar-refractivity contribution in [3.05, 3.63) is 122 Å². The van der Waals surface area contributed by atoms with Crippen molar-refractivity contribution in [3.8, 4) is 0 Å². The van der Waals surface area contributed by atoms with Crippen LogP contribution in [0.2, 0.25) is 0 Å². The molecule has 488 valence electrons. The van der Waals surface area contributed by atoms with Crippen LogP contribution in [0.1, 0.15) is 296 Å². The van der Waals surface area contributed by atoms with Crippen LogP contribution in [0.4, 0.5) is 0 Å². The van der Waals surface area contributed by atoms with Crippen LogP contribution in [-0.4, -0.2) is 87.5 Å². The van der Waals surface area contributed by atoms with Gasteiger partial charge in [-0.15, -0.1) is 0 Å². The van der Waals surface area contributed by atoms with Gasteiger partial charge in [-0.3, -0.25) is 4.79 Å². The summed E-state index contributed by atoms with van der Waals surface area (Å²) in [6.07, 6.45) is 88.7. The van der Waals surface area contributed by atoms with Crippen LogP contribution in [0.3, 0.4) is 0 Å². The molecule has 6 N–H and O–H groups in total. The highest BCUT2D eigenvalue weighted by Gasteiger charge is 2.44. The number of ether oxygens (including phenoxy) is 2. The Kier molecular flexibility index (Phi) is 59.6. The summed E-state index contributed by atoms with van der Waals surface area (Å²) in [7, 11) is 0. The van der Waals surface area contributed by atoms with Crippen LogP contribution in [-0.2, 0) is 14.3 Å². The molecule has 1 heterocycles. The van der Waals surface area contributed by atoms with Crippen molar-refractivity contribution >= 4 is 5.91 Å². The number of unbranched alkanes of at least 4 members (excludes halogenated alkanes) is 32. The van der Waals surface area contributed by atoms with E-state index in [0.29, 0.717) is 6.42 Å². The predicted molar refractivity (Wildman–Crippen MR) is 364 cm³/mol. The molecule has 7 unspecified atom stereocenters. The molecular weight excluding hydrogens is 1050 g/mol. The highest BCUT2D eigenvalue weighted by molar-refractivity contribution is 5.76. The zero-order chi connectivity index (χ0) is 61.4. The summed E-state index contributed by atoms with van der Waals surface area (Å²) in [6, 6.07) is -0.837. The van der Waals surface area contributed by atoms with Crippen molar-refractivity contribution < 1.29 is 39.8 Å². The van der Waals surface area contributed by atoms with Gasteiger partial charge in [-0.05, 0) is 96.3 Å². The molecule has 1 aliphatic heterocycles. The van der Waals surface area contributed by atoms with Gasteiger partial charge in [-0.2, -0.15) is 0 Å². The molecule has 0 radical (unpaired) electrons. The smallest absolute Gasteiger partial charge is 0.220 e. The zero-order valence-electron chi connectivity index (χ0n) is 54.6. The second kappa shape index (κ2) is 63.6. The first-order valence-corrected chi connectivity index (χ1v) is 35.3. The van der Waals surface area contributed by atoms with Gasteiger partial charge in [0, 0.05) is 6.42 Å². The normalized spacial score (nSPS) is 18.9. The van der Waals surface area contributed by atoms with E-state index in [9.17, 15) is 30.3 Å². The van der Waals surface area contributed by atoms with Gasteiger partial charge in [0.15, 0.2) is 6.29 Å². The number of amides is 1. The Morgan fingerprint density at radius 2 is 0.741 bits per heavy atom. The largest absolute Gasteiger partial charge is 0.394 e. The van der Waals surface area contributed by atoms with E-state index in [0.717, 1.165) is 103 Å². The molecule has 0 aromatic carbocycles. The van der Waals surface area contributed by atoms with Gasteiger partial charge in [0.25, 0.3) is 0 Å². The Balaban J connectivity index is 2.19. The monoisotopic (exact) mass is 1190 g/mol. The van der Waals surface area contributed by atoms with Gasteiger partial charge in [-0.25, -0.2) is 0 Å². The minimum Gasteiger partial charge on any atom is -0.394 e. The Labute approximate surface area is 522 Å². The molecule has 9 nitrogen and oxygen atoms in total. The van der Waals surface area contributed by atoms with Crippen molar-refractivity contribution in [2.24, 2.45) is 0 Å². The number of allylic oxidation sites excluding steroid dienone is 19. The summed E-state index contributed by atoms with van der Waals surface area (Å²) in [5.74, 6) is -0.197. The lowest BCUT2D eigenvalue weighted by Crippen LogP contribution is -2.60. The topological polar surface area (TPSA) is 149 Å². The highest BCUT2D eigenvalue weighted by Crippen LogP contribution is 2.23. The fourth-order valence-corrected chi connectivity index (χ4v) is 10.5. The van der Waals surface area contributed by atoms with Gasteiger partial charge >= 0.3 is 0 Å². The predicted octanol–water partition coefficient (Wildman–Crippen LogP) is 19.4. The maximum absolute atomic E-state index is 13.1. The third-order valence-corrected chi connectivity index (χ3v) is 16.0. The molecule has 9 heteroatoms. The van der Waals surface area contributed by atoms with Crippen molar-refractivity contribution in [2.75, 3.05) is 13.2 Å². The fourth-order valence-electron chi connectivity index (χ4n) is 10.5. The van der Waals surface area contributed by atoms with Gasteiger partial charge in [-0.1, -0.05) is 315 Å². The molecule has 0 aromatic heterocycles. The third-order valence-electron chi connectivity index (χ3n) is 16.0. The summed E-state index contributed by atoms with van der Waals surface area (Å²) >= 11 is 0. The zero-order valence-corrected chi connectivity index (χ0v) is 54.6. The minimum absolute atomic E-state index is 0.197. The quantitative estimate of drug-likeness (QED) is 0.0261. The fraction of sp³-hybridized carbons (Fsp3) is 0.724. The summed E-state index contributed by atoms with van der Waals surface area (Å²) in [6.45, 7) is 3.67. The number of carbonyl (C=O) groups excluding carboxylic acids is 1. The van der Waals surface area contributed by atoms with Crippen molar-refractivity contribution in [1.29, 1.82) is 0 Å². The second-order valence-corrected chi connectivity index (χ2v) is 23.9. The van der Waals surface area contributed by atoms with E-state index in [1.807, 2.05) is 6.08 Å². The number of aliphatic hydroxyl groups excluding tert-OH is 5. The lowest BCUT2D eigenvalue weighted by molar-refractivity contribution is -0.302. The minimum atomic E-state index is -1.58. The van der Waals surface area contributed by atoms with Crippen LogP contribution < -0.4 is 5.32 Å². The summed E-state index contributed by atoms with van der Waals surface area (Å²) in [5, 5.41) is 54.7. The Bertz CT molecular complexity index is 1760. The third kappa shape index (κ3) is 52.3. The van der Waals surface area contributed by atoms with E-state index in [4.69, 9.17) is 9.47 Å². The molecule has 1 amide bonds. The van der Waals surface area contributed by atoms with Crippen molar-refractivity contribution in [2.45, 2.75) is 339 Å². The first-order valence-electron chi connectivity index (χ1n) is 35.3. The van der Waals surface area contributed by atoms with Crippen molar-refractivity contribution in [1.82, 2.24) is 5.32 Å². The molecule has 0 saturated carbocycles. The number of hydrogen-bond donors (Lipinski definition) is 6. The summed E-state index contributed by atoms with van der Waals surface area (Å²) < 4.78 is 11.3. The SMILES string of the molecule is CC/C=C\C/C=C\C/C=C\C/C=C\C/C=C\C/C=C\C/C=C\C/C=C\CCCCCCCCCCC(=O)NC(COC1OC(CO)C(O)C(O)C1O)C(O)/C=C/CC/C=C/CCCCCCCCCCCCCCCCCCCCCCCCC. The number of rotatable bonds is 60. The maximum Gasteiger partial charge on any atom is 0.220 e. The standard InChI is InChI=1S/C76H131NO8/c1-3-5-7-9-11-13-15-17-19-21-23-25-27-29-31-33-34-35-36-38-40-42-44-46-48-50-52-54-56-58-60-62-64-66-72(80)77-69(68-84-76-75(83)74(82)73(81)71(67-78)85-76)70(79)65-63-61-59-57-55-53-51-49-47-45-43-41-39-37-32-30-28-26-24-22-20-18-16-14-12-10-8-6-4-2/h5,7,11,13,17,19,23,25,29,31,34-35,38,40,44,46,55,57,63,65,69-71,73-76,78-79,81-83H,3-4,6,8-10,12,14-16,18,20-22,24,26-28,30,32-33,36-37,39,41-43,45,47-54,56,58-62,64,66-68H2,1-2H3,(H,77,80)/b7-5-,13-11-,19-17-,25-23-,31-29-,35-34-,40-38-,46-44-,57-55+,65-63+. The molecule has 0 spiro atoms. The Morgan fingerprint density at radius 3 is 1.13 bits per heavy atom. The maximum atomic E-state index is 13.1. The van der Waals surface area contributed by atoms with Crippen LogP contribution >= 0.6 is 0 Å². The highest BCUT2D eigenvalue weighted by atomic mass is 16.7. The molecule has 7 atom stereocenters. The van der Waals surface area contributed by atoms with E-state index in [1.165, 1.54) is 173 Å². The number of nitrogens with one attached hydrogen (secondary N) is 1. The van der Waals surface area contributed by atoms with E-state index < -0.39 is 49.5 Å². The van der Waals surface area contributed by atoms with Crippen molar-refractivity contribution in [3.63, 3.8) is 0 Å². The number of carbonyl (C=O) groups is 1.